The van der Waals surface area contributed by atoms with Gasteiger partial charge in [0.2, 0.25) is 5.91 Å². The van der Waals surface area contributed by atoms with Crippen LogP contribution in [0.4, 0.5) is 5.69 Å². The first-order valence-electron chi connectivity index (χ1n) is 8.94. The average Bonchev–Trinajstić information content (AvgIpc) is 3.09. The highest BCUT2D eigenvalue weighted by atomic mass is 32.2. The lowest BCUT2D eigenvalue weighted by molar-refractivity contribution is -0.113. The molecule has 0 saturated carbocycles. The minimum atomic E-state index is -1.00. The molecule has 2 aromatic carbocycles. The lowest BCUT2D eigenvalue weighted by atomic mass is 10.1. The highest BCUT2D eigenvalue weighted by Crippen LogP contribution is 2.28. The number of carbonyl (C=O) groups is 2. The number of benzene rings is 2. The zero-order valence-corrected chi connectivity index (χ0v) is 16.7. The van der Waals surface area contributed by atoms with E-state index in [4.69, 9.17) is 5.11 Å². The third-order valence-electron chi connectivity index (χ3n) is 4.64. The molecule has 0 bridgehead atoms. The molecule has 29 heavy (non-hydrogen) atoms. The Kier molecular flexibility index (Phi) is 4.94. The van der Waals surface area contributed by atoms with Gasteiger partial charge in [-0.1, -0.05) is 30.0 Å². The Labute approximate surface area is 170 Å². The van der Waals surface area contributed by atoms with Gasteiger partial charge in [-0.25, -0.2) is 4.79 Å². The van der Waals surface area contributed by atoms with E-state index in [2.05, 4.69) is 21.6 Å². The number of carbonyl (C=O) groups excluding carboxylic acids is 1. The van der Waals surface area contributed by atoms with Gasteiger partial charge in [-0.05, 0) is 55.3 Å². The van der Waals surface area contributed by atoms with Crippen LogP contribution in [0.3, 0.4) is 0 Å². The van der Waals surface area contributed by atoms with Gasteiger partial charge in [-0.3, -0.25) is 9.20 Å². The molecule has 0 fully saturated rings. The van der Waals surface area contributed by atoms with Crippen LogP contribution in [0.15, 0.2) is 53.7 Å². The maximum absolute atomic E-state index is 12.3. The number of hydrogen-bond acceptors (Lipinski definition) is 5. The molecule has 4 rings (SSSR count). The van der Waals surface area contributed by atoms with Gasteiger partial charge in [0.1, 0.15) is 0 Å². The zero-order chi connectivity index (χ0) is 20.5. The van der Waals surface area contributed by atoms with Crippen molar-refractivity contribution in [1.82, 2.24) is 14.6 Å². The number of rotatable bonds is 5. The number of fused-ring (bicyclic) bond motifs is 3. The van der Waals surface area contributed by atoms with E-state index >= 15 is 0 Å². The second-order valence-corrected chi connectivity index (χ2v) is 7.64. The van der Waals surface area contributed by atoms with Crippen LogP contribution in [0.1, 0.15) is 21.5 Å². The van der Waals surface area contributed by atoms with Gasteiger partial charge in [0.05, 0.1) is 16.8 Å². The quantitative estimate of drug-likeness (QED) is 0.488. The van der Waals surface area contributed by atoms with Crippen molar-refractivity contribution in [2.24, 2.45) is 0 Å². The predicted octanol–water partition coefficient (Wildman–Crippen LogP) is 3.93. The largest absolute Gasteiger partial charge is 0.478 e. The van der Waals surface area contributed by atoms with Crippen LogP contribution in [0, 0.1) is 13.8 Å². The smallest absolute Gasteiger partial charge is 0.335 e. The summed E-state index contributed by atoms with van der Waals surface area (Å²) in [6, 6.07) is 14.2. The molecule has 7 nitrogen and oxygen atoms in total. The van der Waals surface area contributed by atoms with Gasteiger partial charge in [0, 0.05) is 11.1 Å². The molecule has 2 N–H and O–H groups in total. The SMILES string of the molecule is Cc1cc2nnc(SCC(=O)Nc3ccc(C(=O)O)cc3)n2c2c(C)cccc12. The van der Waals surface area contributed by atoms with E-state index in [1.165, 1.54) is 23.9 Å². The summed E-state index contributed by atoms with van der Waals surface area (Å²) in [6.45, 7) is 4.09. The summed E-state index contributed by atoms with van der Waals surface area (Å²) in [5, 5.41) is 22.0. The lowest BCUT2D eigenvalue weighted by Crippen LogP contribution is -2.14. The van der Waals surface area contributed by atoms with Crippen LogP contribution in [-0.2, 0) is 4.79 Å². The Morgan fingerprint density at radius 1 is 1.07 bits per heavy atom. The number of pyridine rings is 1. The summed E-state index contributed by atoms with van der Waals surface area (Å²) in [7, 11) is 0. The molecule has 4 aromatic rings. The van der Waals surface area contributed by atoms with Gasteiger partial charge < -0.3 is 10.4 Å². The fraction of sp³-hybridized carbons (Fsp3) is 0.143. The standard InChI is InChI=1S/C21H18N4O3S/c1-12-4-3-5-16-13(2)10-17-23-24-21(25(17)19(12)16)29-11-18(26)22-15-8-6-14(7-9-15)20(27)28/h3-10H,11H2,1-2H3,(H,22,26)(H,27,28). The zero-order valence-electron chi connectivity index (χ0n) is 15.8. The third-order valence-corrected chi connectivity index (χ3v) is 5.57. The maximum Gasteiger partial charge on any atom is 0.335 e. The van der Waals surface area contributed by atoms with Crippen molar-refractivity contribution in [3.05, 3.63) is 65.2 Å². The summed E-state index contributed by atoms with van der Waals surface area (Å²) in [6.07, 6.45) is 0. The predicted molar refractivity (Wildman–Crippen MR) is 113 cm³/mol. The Hall–Kier alpha value is -3.39. The maximum atomic E-state index is 12.3. The molecular formula is C21H18N4O3S. The molecule has 0 spiro atoms. The molecule has 2 aromatic heterocycles. The van der Waals surface area contributed by atoms with E-state index in [0.717, 1.165) is 27.7 Å². The highest BCUT2D eigenvalue weighted by molar-refractivity contribution is 7.99. The van der Waals surface area contributed by atoms with Crippen molar-refractivity contribution in [1.29, 1.82) is 0 Å². The Balaban J connectivity index is 1.55. The van der Waals surface area contributed by atoms with E-state index in [9.17, 15) is 9.59 Å². The van der Waals surface area contributed by atoms with Crippen molar-refractivity contribution in [3.8, 4) is 0 Å². The van der Waals surface area contributed by atoms with E-state index in [-0.39, 0.29) is 17.2 Å². The van der Waals surface area contributed by atoms with Gasteiger partial charge in [-0.2, -0.15) is 0 Å². The van der Waals surface area contributed by atoms with E-state index in [1.807, 2.05) is 36.4 Å². The minimum Gasteiger partial charge on any atom is -0.478 e. The van der Waals surface area contributed by atoms with E-state index < -0.39 is 5.97 Å². The highest BCUT2D eigenvalue weighted by Gasteiger charge is 2.14. The molecule has 0 unspecified atom stereocenters. The molecule has 0 saturated heterocycles. The number of thioether (sulfide) groups is 1. The van der Waals surface area contributed by atoms with Crippen LogP contribution in [0.2, 0.25) is 0 Å². The lowest BCUT2D eigenvalue weighted by Gasteiger charge is -2.10. The molecule has 2 heterocycles. The number of anilines is 1. The van der Waals surface area contributed by atoms with Crippen molar-refractivity contribution in [3.63, 3.8) is 0 Å². The van der Waals surface area contributed by atoms with Gasteiger partial charge >= 0.3 is 5.97 Å². The monoisotopic (exact) mass is 406 g/mol. The number of aromatic carboxylic acids is 1. The summed E-state index contributed by atoms with van der Waals surface area (Å²) in [5.41, 5.74) is 4.74. The number of carboxylic acid groups (broad SMARTS) is 1. The van der Waals surface area contributed by atoms with Crippen molar-refractivity contribution in [2.75, 3.05) is 11.1 Å². The number of nitrogens with zero attached hydrogens (tertiary/aromatic N) is 3. The molecule has 0 radical (unpaired) electrons. The fourth-order valence-corrected chi connectivity index (χ4v) is 3.99. The van der Waals surface area contributed by atoms with Crippen molar-refractivity contribution >= 4 is 45.9 Å². The molecular weight excluding hydrogens is 388 g/mol. The summed E-state index contributed by atoms with van der Waals surface area (Å²) in [5.74, 6) is -1.05. The molecule has 0 aliphatic carbocycles. The van der Waals surface area contributed by atoms with Gasteiger partial charge in [-0.15, -0.1) is 10.2 Å². The van der Waals surface area contributed by atoms with Crippen LogP contribution in [0.25, 0.3) is 16.6 Å². The summed E-state index contributed by atoms with van der Waals surface area (Å²) >= 11 is 1.30. The Morgan fingerprint density at radius 3 is 2.55 bits per heavy atom. The van der Waals surface area contributed by atoms with Crippen LogP contribution in [-0.4, -0.2) is 37.3 Å². The number of para-hydroxylation sites is 1. The minimum absolute atomic E-state index is 0.155. The third kappa shape index (κ3) is 3.66. The number of carboxylic acids is 1. The number of amides is 1. The van der Waals surface area contributed by atoms with Gasteiger partial charge in [0.15, 0.2) is 10.8 Å². The number of nitrogens with one attached hydrogen (secondary N) is 1. The number of aryl methyl sites for hydroxylation is 2. The van der Waals surface area contributed by atoms with Crippen molar-refractivity contribution in [2.45, 2.75) is 19.0 Å². The van der Waals surface area contributed by atoms with E-state index in [0.29, 0.717) is 10.8 Å². The normalized spacial score (nSPS) is 11.1. The molecule has 0 atom stereocenters. The second kappa shape index (κ2) is 7.56. The number of hydrogen-bond donors (Lipinski definition) is 2. The van der Waals surface area contributed by atoms with E-state index in [1.54, 1.807) is 12.1 Å². The second-order valence-electron chi connectivity index (χ2n) is 6.69. The summed E-state index contributed by atoms with van der Waals surface area (Å²) in [4.78, 5) is 23.2. The number of aromatic nitrogens is 3. The molecule has 0 aliphatic heterocycles. The van der Waals surface area contributed by atoms with Crippen LogP contribution in [0.5, 0.6) is 0 Å². The molecule has 0 aliphatic rings. The van der Waals surface area contributed by atoms with Crippen LogP contribution >= 0.6 is 11.8 Å². The Bertz CT molecular complexity index is 1250. The first kappa shape index (κ1) is 18.9. The van der Waals surface area contributed by atoms with Crippen LogP contribution < -0.4 is 5.32 Å². The molecule has 1 amide bonds. The summed E-state index contributed by atoms with van der Waals surface area (Å²) < 4.78 is 1.98. The fourth-order valence-electron chi connectivity index (χ4n) is 3.25. The topological polar surface area (TPSA) is 96.6 Å². The van der Waals surface area contributed by atoms with Crippen molar-refractivity contribution < 1.29 is 14.7 Å². The first-order chi connectivity index (χ1) is 13.9. The Morgan fingerprint density at radius 2 is 1.83 bits per heavy atom. The molecule has 146 valence electrons. The van der Waals surface area contributed by atoms with Gasteiger partial charge in [0.25, 0.3) is 0 Å². The average molecular weight is 406 g/mol. The first-order valence-corrected chi connectivity index (χ1v) is 9.92. The molecule has 8 heteroatoms.